The third-order valence-electron chi connectivity index (χ3n) is 6.20. The van der Waals surface area contributed by atoms with Crippen LogP contribution in [-0.4, -0.2) is 52.9 Å². The van der Waals surface area contributed by atoms with Crippen LogP contribution in [-0.2, 0) is 4.79 Å². The van der Waals surface area contributed by atoms with Crippen LogP contribution in [0, 0.1) is 0 Å². The lowest BCUT2D eigenvalue weighted by Crippen LogP contribution is -2.38. The molecule has 0 saturated carbocycles. The van der Waals surface area contributed by atoms with Gasteiger partial charge in [0.25, 0.3) is 0 Å². The number of carbonyl (C=O) groups is 2. The van der Waals surface area contributed by atoms with Crippen LogP contribution in [0.4, 0.5) is 0 Å². The fourth-order valence-corrected chi connectivity index (χ4v) is 4.49. The molecule has 4 heterocycles. The highest BCUT2D eigenvalue weighted by atomic mass is 16.6. The number of pyridine rings is 1. The molecule has 1 N–H and O–H groups in total. The number of ether oxygens (including phenoxy) is 2. The topological polar surface area (TPSA) is 84.5 Å². The first-order chi connectivity index (χ1) is 15.2. The summed E-state index contributed by atoms with van der Waals surface area (Å²) < 4.78 is 11.0. The van der Waals surface area contributed by atoms with Gasteiger partial charge in [0.1, 0.15) is 18.9 Å². The van der Waals surface area contributed by atoms with Crippen LogP contribution in [0.5, 0.6) is 11.5 Å². The van der Waals surface area contributed by atoms with Gasteiger partial charge < -0.3 is 19.4 Å². The number of H-pyrrole nitrogens is 1. The molecular weight excluding hydrogens is 394 g/mol. The van der Waals surface area contributed by atoms with Crippen molar-refractivity contribution in [1.82, 2.24) is 14.9 Å². The Labute approximate surface area is 180 Å². The number of nitrogens with one attached hydrogen (secondary N) is 1. The number of benzene rings is 1. The van der Waals surface area contributed by atoms with E-state index in [1.165, 1.54) is 5.56 Å². The summed E-state index contributed by atoms with van der Waals surface area (Å²) in [5.41, 5.74) is 2.75. The molecule has 1 aromatic carbocycles. The Hall–Kier alpha value is -3.35. The summed E-state index contributed by atoms with van der Waals surface area (Å²) in [6.45, 7) is 2.43. The van der Waals surface area contributed by atoms with E-state index in [4.69, 9.17) is 9.47 Å². The molecule has 3 aromatic rings. The minimum atomic E-state index is -0.0495. The zero-order valence-corrected chi connectivity index (χ0v) is 17.3. The highest BCUT2D eigenvalue weighted by molar-refractivity contribution is 5.98. The number of piperidine rings is 1. The van der Waals surface area contributed by atoms with E-state index in [9.17, 15) is 9.59 Å². The van der Waals surface area contributed by atoms with Crippen molar-refractivity contribution in [2.75, 3.05) is 26.3 Å². The van der Waals surface area contributed by atoms with Crippen LogP contribution in [0.15, 0.2) is 42.7 Å². The number of Topliss-reactive ketones (excluding diaryl/α,β-unsaturated/α-hetero) is 1. The molecule has 7 nitrogen and oxygen atoms in total. The molecule has 160 valence electrons. The lowest BCUT2D eigenvalue weighted by Gasteiger charge is -2.32. The largest absolute Gasteiger partial charge is 0.486 e. The number of carbonyl (C=O) groups excluding carboxylic acids is 2. The third-order valence-corrected chi connectivity index (χ3v) is 6.20. The van der Waals surface area contributed by atoms with Crippen LogP contribution in [0.3, 0.4) is 0 Å². The number of fused-ring (bicyclic) bond motifs is 2. The molecule has 0 aliphatic carbocycles. The summed E-state index contributed by atoms with van der Waals surface area (Å²) in [7, 11) is 0. The number of hydrogen-bond donors (Lipinski definition) is 1. The maximum Gasteiger partial charge on any atom is 0.223 e. The Kier molecular flexibility index (Phi) is 5.32. The molecule has 2 aromatic heterocycles. The quantitative estimate of drug-likeness (QED) is 0.638. The van der Waals surface area contributed by atoms with Crippen molar-refractivity contribution in [3.63, 3.8) is 0 Å². The van der Waals surface area contributed by atoms with Gasteiger partial charge in [-0.15, -0.1) is 0 Å². The molecule has 7 heteroatoms. The smallest absolute Gasteiger partial charge is 0.223 e. The average molecular weight is 419 g/mol. The van der Waals surface area contributed by atoms with Gasteiger partial charge in [-0.05, 0) is 54.7 Å². The van der Waals surface area contributed by atoms with Crippen LogP contribution < -0.4 is 9.47 Å². The molecule has 1 saturated heterocycles. The van der Waals surface area contributed by atoms with Gasteiger partial charge in [0, 0.05) is 49.3 Å². The standard InChI is InChI=1S/C24H25N3O4/c28-20(17-3-5-21-22(14-17)31-13-12-30-21)4-6-23(29)27-10-7-16(8-11-27)19-15-26-24-18(19)2-1-9-25-24/h1-3,5,9,14-16H,4,6-8,10-13H2,(H,25,26). The number of ketones is 1. The van der Waals surface area contributed by atoms with Gasteiger partial charge in [-0.3, -0.25) is 9.59 Å². The molecule has 1 fully saturated rings. The predicted molar refractivity (Wildman–Crippen MR) is 116 cm³/mol. The Morgan fingerprint density at radius 1 is 1.06 bits per heavy atom. The molecule has 1 amide bonds. The van der Waals surface area contributed by atoms with Gasteiger partial charge in [0.15, 0.2) is 17.3 Å². The molecule has 0 atom stereocenters. The number of aromatic amines is 1. The maximum atomic E-state index is 12.7. The maximum absolute atomic E-state index is 12.7. The number of rotatable bonds is 5. The monoisotopic (exact) mass is 419 g/mol. The molecular formula is C24H25N3O4. The fourth-order valence-electron chi connectivity index (χ4n) is 4.49. The van der Waals surface area contributed by atoms with Gasteiger partial charge in [-0.25, -0.2) is 4.98 Å². The van der Waals surface area contributed by atoms with Crippen LogP contribution in [0.1, 0.15) is 47.5 Å². The Morgan fingerprint density at radius 2 is 1.87 bits per heavy atom. The molecule has 2 aliphatic rings. The minimum absolute atomic E-state index is 0.0462. The van der Waals surface area contributed by atoms with E-state index in [2.05, 4.69) is 16.0 Å². The average Bonchev–Trinajstić information content (AvgIpc) is 3.26. The van der Waals surface area contributed by atoms with Crippen LogP contribution >= 0.6 is 0 Å². The van der Waals surface area contributed by atoms with Crippen molar-refractivity contribution in [2.24, 2.45) is 0 Å². The third kappa shape index (κ3) is 4.00. The Bertz CT molecular complexity index is 1110. The van der Waals surface area contributed by atoms with Crippen molar-refractivity contribution >= 4 is 22.7 Å². The van der Waals surface area contributed by atoms with E-state index < -0.39 is 0 Å². The predicted octanol–water partition coefficient (Wildman–Crippen LogP) is 3.70. The van der Waals surface area contributed by atoms with E-state index in [1.54, 1.807) is 24.4 Å². The summed E-state index contributed by atoms with van der Waals surface area (Å²) in [5, 5.41) is 1.16. The van der Waals surface area contributed by atoms with Crippen molar-refractivity contribution in [2.45, 2.75) is 31.6 Å². The molecule has 0 spiro atoms. The van der Waals surface area contributed by atoms with Crippen LogP contribution in [0.2, 0.25) is 0 Å². The SMILES string of the molecule is O=C(CCC(=O)N1CCC(c2c[nH]c3ncccc23)CC1)c1ccc2c(c1)OCCO2. The van der Waals surface area contributed by atoms with E-state index >= 15 is 0 Å². The number of hydrogen-bond acceptors (Lipinski definition) is 5. The second-order valence-electron chi connectivity index (χ2n) is 8.08. The summed E-state index contributed by atoms with van der Waals surface area (Å²) >= 11 is 0. The number of aromatic nitrogens is 2. The molecule has 31 heavy (non-hydrogen) atoms. The van der Waals surface area contributed by atoms with Crippen molar-refractivity contribution in [3.05, 3.63) is 53.9 Å². The molecule has 0 unspecified atom stereocenters. The van der Waals surface area contributed by atoms with Crippen molar-refractivity contribution in [3.8, 4) is 11.5 Å². The second kappa shape index (κ2) is 8.41. The molecule has 2 aliphatic heterocycles. The van der Waals surface area contributed by atoms with Gasteiger partial charge in [-0.2, -0.15) is 0 Å². The first-order valence-electron chi connectivity index (χ1n) is 10.8. The fraction of sp³-hybridized carbons (Fsp3) is 0.375. The molecule has 0 bridgehead atoms. The van der Waals surface area contributed by atoms with E-state index in [0.29, 0.717) is 49.3 Å². The van der Waals surface area contributed by atoms with Crippen molar-refractivity contribution < 1.29 is 19.1 Å². The van der Waals surface area contributed by atoms with Crippen molar-refractivity contribution in [1.29, 1.82) is 0 Å². The first-order valence-corrected chi connectivity index (χ1v) is 10.8. The van der Waals surface area contributed by atoms with E-state index in [-0.39, 0.29) is 24.5 Å². The molecule has 0 radical (unpaired) electrons. The zero-order chi connectivity index (χ0) is 21.2. The summed E-state index contributed by atoms with van der Waals surface area (Å²) in [6.07, 6.45) is 6.11. The summed E-state index contributed by atoms with van der Waals surface area (Å²) in [4.78, 5) is 34.8. The number of likely N-dealkylation sites (tertiary alicyclic amines) is 1. The minimum Gasteiger partial charge on any atom is -0.486 e. The summed E-state index contributed by atoms with van der Waals surface area (Å²) in [6, 6.07) is 9.26. The summed E-state index contributed by atoms with van der Waals surface area (Å²) in [5.74, 6) is 1.67. The number of nitrogens with zero attached hydrogens (tertiary/aromatic N) is 2. The van der Waals surface area contributed by atoms with Gasteiger partial charge in [0.05, 0.1) is 0 Å². The van der Waals surface area contributed by atoms with Gasteiger partial charge >= 0.3 is 0 Å². The van der Waals surface area contributed by atoms with E-state index in [1.807, 2.05) is 17.2 Å². The lowest BCUT2D eigenvalue weighted by molar-refractivity contribution is -0.132. The van der Waals surface area contributed by atoms with E-state index in [0.717, 1.165) is 23.9 Å². The number of amides is 1. The zero-order valence-electron chi connectivity index (χ0n) is 17.3. The lowest BCUT2D eigenvalue weighted by atomic mass is 9.89. The normalized spacial score (nSPS) is 16.5. The Balaban J connectivity index is 1.14. The molecule has 5 rings (SSSR count). The highest BCUT2D eigenvalue weighted by Gasteiger charge is 2.26. The Morgan fingerprint density at radius 3 is 2.71 bits per heavy atom. The first kappa shape index (κ1) is 19.6. The van der Waals surface area contributed by atoms with Crippen LogP contribution in [0.25, 0.3) is 11.0 Å². The van der Waals surface area contributed by atoms with Gasteiger partial charge in [-0.1, -0.05) is 0 Å². The second-order valence-corrected chi connectivity index (χ2v) is 8.08. The highest BCUT2D eigenvalue weighted by Crippen LogP contribution is 2.33. The van der Waals surface area contributed by atoms with Gasteiger partial charge in [0.2, 0.25) is 5.91 Å².